The number of rotatable bonds is 76. The molecule has 0 saturated carbocycles. The van der Waals surface area contributed by atoms with Crippen molar-refractivity contribution in [2.24, 2.45) is 0 Å². The Morgan fingerprint density at radius 2 is 0.500 bits per heavy atom. The average molecular weight is 1500 g/mol. The van der Waals surface area contributed by atoms with Gasteiger partial charge in [0.25, 0.3) is 0 Å². The van der Waals surface area contributed by atoms with Crippen molar-refractivity contribution in [1.29, 1.82) is 0 Å². The molecule has 17 nitrogen and oxygen atoms in total. The summed E-state index contributed by atoms with van der Waals surface area (Å²) in [5.41, 5.74) is 0. The fraction of sp³-hybridized carbons (Fsp3) is 0.718. The molecule has 0 spiro atoms. The van der Waals surface area contributed by atoms with Crippen LogP contribution in [0.1, 0.15) is 336 Å². The molecular formula is C85H146O17P2. The number of aliphatic hydroxyl groups excluding tert-OH is 1. The second-order valence-corrected chi connectivity index (χ2v) is 29.9. The van der Waals surface area contributed by atoms with E-state index in [1.54, 1.807) is 0 Å². The molecule has 0 amide bonds. The minimum atomic E-state index is -5.00. The van der Waals surface area contributed by atoms with Gasteiger partial charge in [-0.1, -0.05) is 316 Å². The molecule has 0 saturated heterocycles. The summed E-state index contributed by atoms with van der Waals surface area (Å²) in [4.78, 5) is 73.0. The van der Waals surface area contributed by atoms with Crippen LogP contribution in [-0.2, 0) is 65.4 Å². The molecule has 19 heteroatoms. The Morgan fingerprint density at radius 1 is 0.279 bits per heavy atom. The highest BCUT2D eigenvalue weighted by atomic mass is 31.2. The first-order valence-corrected chi connectivity index (χ1v) is 43.8. The number of esters is 4. The molecule has 5 atom stereocenters. The molecule has 3 N–H and O–H groups in total. The Morgan fingerprint density at radius 3 is 0.769 bits per heavy atom. The minimum Gasteiger partial charge on any atom is -0.462 e. The number of allylic oxidation sites excluding steroid dienone is 20. The van der Waals surface area contributed by atoms with Crippen LogP contribution in [0.5, 0.6) is 0 Å². The smallest absolute Gasteiger partial charge is 0.462 e. The lowest BCUT2D eigenvalue weighted by molar-refractivity contribution is -0.161. The molecule has 0 aromatic carbocycles. The van der Waals surface area contributed by atoms with Gasteiger partial charge in [-0.3, -0.25) is 37.3 Å². The summed E-state index contributed by atoms with van der Waals surface area (Å²) in [6, 6.07) is 0. The topological polar surface area (TPSA) is 237 Å². The predicted octanol–water partition coefficient (Wildman–Crippen LogP) is 23.9. The molecule has 5 unspecified atom stereocenters. The quantitative estimate of drug-likeness (QED) is 0.0169. The Kier molecular flexibility index (Phi) is 73.3. The number of phosphoric ester groups is 2. The monoisotopic (exact) mass is 1500 g/mol. The summed E-state index contributed by atoms with van der Waals surface area (Å²) >= 11 is 0. The SMILES string of the molecule is CC/C=C\C/C=C\C/C=C\C/C=C\C/C=C\CCCCCC(=O)OCC(COP(=O)(O)OCC(O)COP(=O)(O)OCC(COC(=O)CCCCCCCCCCCCCCCCC)OC(=O)CCCCCCCCCCCCC)OC(=O)CCCCC/C=C\C/C=C\C/C=C\C/C=C\C/C=C\CC. The lowest BCUT2D eigenvalue weighted by Crippen LogP contribution is -2.30. The van der Waals surface area contributed by atoms with Crippen LogP contribution in [-0.4, -0.2) is 96.7 Å². The van der Waals surface area contributed by atoms with Crippen LogP contribution in [0.4, 0.5) is 0 Å². The fourth-order valence-corrected chi connectivity index (χ4v) is 12.4. The van der Waals surface area contributed by atoms with Crippen molar-refractivity contribution in [2.45, 2.75) is 354 Å². The van der Waals surface area contributed by atoms with E-state index in [0.717, 1.165) is 148 Å². The molecule has 0 aliphatic rings. The van der Waals surface area contributed by atoms with Gasteiger partial charge in [0.2, 0.25) is 0 Å². The van der Waals surface area contributed by atoms with E-state index in [2.05, 4.69) is 149 Å². The molecule has 104 heavy (non-hydrogen) atoms. The number of ether oxygens (including phenoxy) is 4. The molecule has 598 valence electrons. The predicted molar refractivity (Wildman–Crippen MR) is 427 cm³/mol. The highest BCUT2D eigenvalue weighted by Gasteiger charge is 2.30. The highest BCUT2D eigenvalue weighted by molar-refractivity contribution is 7.47. The van der Waals surface area contributed by atoms with E-state index in [4.69, 9.17) is 37.0 Å². The van der Waals surface area contributed by atoms with Crippen LogP contribution >= 0.6 is 15.6 Å². The molecule has 0 aromatic rings. The molecule has 0 aromatic heterocycles. The standard InChI is InChI=1S/C85H146O17P2/c1-5-9-13-17-21-25-29-32-35-37-39-41-44-47-51-54-58-62-66-70-83(88)96-76-81(102-85(90)72-68-64-60-56-52-48-45-42-40-38-36-33-30-26-22-18-14-10-6-2)78-100-104(93,94)98-74-79(86)73-97-103(91,92)99-77-80(101-84(89)71-67-63-59-55-49-28-24-20-16-12-8-4)75-95-82(87)69-65-61-57-53-50-46-43-34-31-27-23-19-15-11-7-3/h9-10,13-14,21-22,25-26,32-33,35-36,39-42,47-48,51-52,79-81,86H,5-8,11-12,15-20,23-24,27-31,34,37-38,43-46,49-50,53-78H2,1-4H3,(H,91,92)(H,93,94)/b13-9-,14-10-,25-21-,26-22-,35-32-,36-33-,41-39-,42-40-,51-47-,52-48-. The van der Waals surface area contributed by atoms with Gasteiger partial charge < -0.3 is 33.8 Å². The van der Waals surface area contributed by atoms with Crippen molar-refractivity contribution in [3.05, 3.63) is 122 Å². The van der Waals surface area contributed by atoms with Crippen LogP contribution in [0.2, 0.25) is 0 Å². The molecule has 0 fully saturated rings. The van der Waals surface area contributed by atoms with E-state index in [0.29, 0.717) is 25.7 Å². The van der Waals surface area contributed by atoms with Crippen LogP contribution in [0.3, 0.4) is 0 Å². The fourth-order valence-electron chi connectivity index (χ4n) is 10.8. The molecule has 0 aliphatic heterocycles. The first-order valence-electron chi connectivity index (χ1n) is 40.8. The maximum Gasteiger partial charge on any atom is 0.472 e. The van der Waals surface area contributed by atoms with Gasteiger partial charge in [0.15, 0.2) is 12.2 Å². The van der Waals surface area contributed by atoms with E-state index in [1.165, 1.54) is 109 Å². The van der Waals surface area contributed by atoms with E-state index in [-0.39, 0.29) is 25.7 Å². The average Bonchev–Trinajstić information content (AvgIpc) is 0.928. The van der Waals surface area contributed by atoms with Gasteiger partial charge >= 0.3 is 39.5 Å². The van der Waals surface area contributed by atoms with E-state index in [9.17, 15) is 43.2 Å². The molecule has 0 aliphatic carbocycles. The van der Waals surface area contributed by atoms with Crippen LogP contribution < -0.4 is 0 Å². The zero-order valence-corrected chi connectivity index (χ0v) is 67.2. The number of carbonyl (C=O) groups excluding carboxylic acids is 4. The van der Waals surface area contributed by atoms with Crippen LogP contribution in [0.25, 0.3) is 0 Å². The summed E-state index contributed by atoms with van der Waals surface area (Å²) in [5, 5.41) is 10.6. The van der Waals surface area contributed by atoms with Gasteiger partial charge in [-0.05, 0) is 116 Å². The van der Waals surface area contributed by atoms with Crippen LogP contribution in [0.15, 0.2) is 122 Å². The van der Waals surface area contributed by atoms with Crippen molar-refractivity contribution < 1.29 is 80.2 Å². The number of hydrogen-bond acceptors (Lipinski definition) is 15. The number of hydrogen-bond donors (Lipinski definition) is 3. The summed E-state index contributed by atoms with van der Waals surface area (Å²) < 4.78 is 68.6. The Labute approximate surface area is 632 Å². The molecule has 0 heterocycles. The second-order valence-electron chi connectivity index (χ2n) is 27.0. The van der Waals surface area contributed by atoms with Gasteiger partial charge in [0.1, 0.15) is 19.3 Å². The normalized spacial score (nSPS) is 14.5. The van der Waals surface area contributed by atoms with Crippen molar-refractivity contribution >= 4 is 39.5 Å². The van der Waals surface area contributed by atoms with E-state index >= 15 is 0 Å². The first-order chi connectivity index (χ1) is 50.7. The highest BCUT2D eigenvalue weighted by Crippen LogP contribution is 2.45. The molecule has 0 bridgehead atoms. The third kappa shape index (κ3) is 75.7. The molecule has 0 radical (unpaired) electrons. The minimum absolute atomic E-state index is 0.0459. The first kappa shape index (κ1) is 99.5. The summed E-state index contributed by atoms with van der Waals surface area (Å²) in [6.07, 6.45) is 84.6. The maximum absolute atomic E-state index is 13.1. The van der Waals surface area contributed by atoms with Crippen LogP contribution in [0, 0.1) is 0 Å². The van der Waals surface area contributed by atoms with Gasteiger partial charge in [-0.15, -0.1) is 0 Å². The zero-order valence-electron chi connectivity index (χ0n) is 65.4. The van der Waals surface area contributed by atoms with Crippen molar-refractivity contribution in [3.8, 4) is 0 Å². The lowest BCUT2D eigenvalue weighted by atomic mass is 10.0. The van der Waals surface area contributed by atoms with E-state index < -0.39 is 97.5 Å². The summed E-state index contributed by atoms with van der Waals surface area (Å²) in [5.74, 6) is -2.23. The number of phosphoric acid groups is 2. The molecular weight excluding hydrogens is 1350 g/mol. The van der Waals surface area contributed by atoms with Gasteiger partial charge in [0, 0.05) is 25.7 Å². The number of unbranched alkanes of at least 4 members (excludes halogenated alkanes) is 30. The van der Waals surface area contributed by atoms with Gasteiger partial charge in [0.05, 0.1) is 26.4 Å². The largest absolute Gasteiger partial charge is 0.472 e. The zero-order chi connectivity index (χ0) is 76.0. The lowest BCUT2D eigenvalue weighted by Gasteiger charge is -2.21. The van der Waals surface area contributed by atoms with Crippen molar-refractivity contribution in [1.82, 2.24) is 0 Å². The third-order valence-corrected chi connectivity index (χ3v) is 18.9. The summed E-state index contributed by atoms with van der Waals surface area (Å²) in [7, 11) is -9.97. The Bertz CT molecular complexity index is 2440. The molecule has 0 rings (SSSR count). The summed E-state index contributed by atoms with van der Waals surface area (Å²) in [6.45, 7) is 4.60. The second kappa shape index (κ2) is 76.6. The number of aliphatic hydroxyl groups is 1. The Balaban J connectivity index is 5.40. The van der Waals surface area contributed by atoms with Gasteiger partial charge in [-0.25, -0.2) is 9.13 Å². The van der Waals surface area contributed by atoms with Gasteiger partial charge in [-0.2, -0.15) is 0 Å². The van der Waals surface area contributed by atoms with Crippen molar-refractivity contribution in [2.75, 3.05) is 39.6 Å². The van der Waals surface area contributed by atoms with E-state index in [1.807, 2.05) is 0 Å². The van der Waals surface area contributed by atoms with Crippen molar-refractivity contribution in [3.63, 3.8) is 0 Å². The number of carbonyl (C=O) groups is 4. The Hall–Kier alpha value is -4.54. The maximum atomic E-state index is 13.1. The third-order valence-electron chi connectivity index (χ3n) is 17.0.